The SMILES string of the molecule is CNC(=O)c1cc(N2CCCCC2CCO)ccn1. The lowest BCUT2D eigenvalue weighted by molar-refractivity contribution is 0.0958. The van der Waals surface area contributed by atoms with Crippen LogP contribution >= 0.6 is 0 Å². The molecule has 1 aliphatic rings. The van der Waals surface area contributed by atoms with Crippen LogP contribution in [0, 0.1) is 0 Å². The molecule has 0 bridgehead atoms. The van der Waals surface area contributed by atoms with Gasteiger partial charge in [0.2, 0.25) is 0 Å². The van der Waals surface area contributed by atoms with Crippen molar-refractivity contribution in [3.05, 3.63) is 24.0 Å². The van der Waals surface area contributed by atoms with E-state index in [9.17, 15) is 4.79 Å². The molecule has 2 rings (SSSR count). The van der Waals surface area contributed by atoms with Crippen LogP contribution in [0.2, 0.25) is 0 Å². The van der Waals surface area contributed by atoms with Gasteiger partial charge in [-0.3, -0.25) is 9.78 Å². The van der Waals surface area contributed by atoms with E-state index in [-0.39, 0.29) is 12.5 Å². The highest BCUT2D eigenvalue weighted by molar-refractivity contribution is 5.92. The Hall–Kier alpha value is -1.62. The monoisotopic (exact) mass is 263 g/mol. The van der Waals surface area contributed by atoms with Crippen LogP contribution in [0.5, 0.6) is 0 Å². The quantitative estimate of drug-likeness (QED) is 0.856. The molecule has 1 unspecified atom stereocenters. The van der Waals surface area contributed by atoms with Gasteiger partial charge in [0.1, 0.15) is 5.69 Å². The first-order chi connectivity index (χ1) is 9.26. The second kappa shape index (κ2) is 6.52. The van der Waals surface area contributed by atoms with Gasteiger partial charge in [0.15, 0.2) is 0 Å². The molecule has 1 atom stereocenters. The maximum absolute atomic E-state index is 11.6. The lowest BCUT2D eigenvalue weighted by Crippen LogP contribution is -2.40. The Bertz CT molecular complexity index is 434. The van der Waals surface area contributed by atoms with E-state index in [1.807, 2.05) is 12.1 Å². The number of amides is 1. The number of aliphatic hydroxyl groups is 1. The summed E-state index contributed by atoms with van der Waals surface area (Å²) in [5, 5.41) is 11.7. The van der Waals surface area contributed by atoms with Gasteiger partial charge in [-0.1, -0.05) is 0 Å². The highest BCUT2D eigenvalue weighted by Crippen LogP contribution is 2.26. The summed E-state index contributed by atoms with van der Waals surface area (Å²) >= 11 is 0. The predicted octanol–water partition coefficient (Wildman–Crippen LogP) is 1.18. The second-order valence-electron chi connectivity index (χ2n) is 4.83. The van der Waals surface area contributed by atoms with E-state index < -0.39 is 0 Å². The normalized spacial score (nSPS) is 19.3. The van der Waals surface area contributed by atoms with E-state index in [2.05, 4.69) is 15.2 Å². The van der Waals surface area contributed by atoms with Crippen molar-refractivity contribution in [1.29, 1.82) is 0 Å². The second-order valence-corrected chi connectivity index (χ2v) is 4.83. The average Bonchev–Trinajstić information content (AvgIpc) is 2.47. The fourth-order valence-electron chi connectivity index (χ4n) is 2.64. The lowest BCUT2D eigenvalue weighted by atomic mass is 9.99. The highest BCUT2D eigenvalue weighted by atomic mass is 16.3. The molecule has 1 saturated heterocycles. The third-order valence-electron chi connectivity index (χ3n) is 3.62. The molecule has 1 aromatic heterocycles. The lowest BCUT2D eigenvalue weighted by Gasteiger charge is -2.37. The number of rotatable bonds is 4. The number of anilines is 1. The van der Waals surface area contributed by atoms with Crippen LogP contribution < -0.4 is 10.2 Å². The minimum Gasteiger partial charge on any atom is -0.396 e. The standard InChI is InChI=1S/C14H21N3O2/c1-15-14(19)13-10-12(5-7-16-13)17-8-3-2-4-11(17)6-9-18/h5,7,10-11,18H,2-4,6,8-9H2,1H3,(H,15,19). The number of carbonyl (C=O) groups is 1. The van der Waals surface area contributed by atoms with Gasteiger partial charge in [0, 0.05) is 38.1 Å². The zero-order chi connectivity index (χ0) is 13.7. The van der Waals surface area contributed by atoms with Crippen LogP contribution in [0.15, 0.2) is 18.3 Å². The minimum atomic E-state index is -0.169. The first-order valence-corrected chi connectivity index (χ1v) is 6.82. The molecule has 1 aliphatic heterocycles. The van der Waals surface area contributed by atoms with Crippen molar-refractivity contribution in [2.45, 2.75) is 31.7 Å². The summed E-state index contributed by atoms with van der Waals surface area (Å²) in [6, 6.07) is 4.12. The molecule has 1 aromatic rings. The number of hydrogen-bond acceptors (Lipinski definition) is 4. The molecule has 2 heterocycles. The third kappa shape index (κ3) is 3.23. The number of aromatic nitrogens is 1. The molecule has 1 fully saturated rings. The molecule has 5 heteroatoms. The fraction of sp³-hybridized carbons (Fsp3) is 0.571. The Kier molecular flexibility index (Phi) is 4.74. The van der Waals surface area contributed by atoms with Crippen molar-refractivity contribution >= 4 is 11.6 Å². The van der Waals surface area contributed by atoms with E-state index in [0.29, 0.717) is 11.7 Å². The molecule has 0 aromatic carbocycles. The summed E-state index contributed by atoms with van der Waals surface area (Å²) in [5.74, 6) is -0.169. The molecule has 0 spiro atoms. The molecule has 5 nitrogen and oxygen atoms in total. The number of nitrogens with one attached hydrogen (secondary N) is 1. The topological polar surface area (TPSA) is 65.5 Å². The third-order valence-corrected chi connectivity index (χ3v) is 3.62. The molecular formula is C14H21N3O2. The predicted molar refractivity (Wildman–Crippen MR) is 74.3 cm³/mol. The van der Waals surface area contributed by atoms with Gasteiger partial charge in [-0.15, -0.1) is 0 Å². The highest BCUT2D eigenvalue weighted by Gasteiger charge is 2.22. The summed E-state index contributed by atoms with van der Waals surface area (Å²) in [5.41, 5.74) is 1.46. The van der Waals surface area contributed by atoms with Crippen molar-refractivity contribution in [1.82, 2.24) is 10.3 Å². The number of aliphatic hydroxyl groups excluding tert-OH is 1. The maximum Gasteiger partial charge on any atom is 0.269 e. The zero-order valence-electron chi connectivity index (χ0n) is 11.3. The molecule has 104 valence electrons. The molecule has 0 aliphatic carbocycles. The van der Waals surface area contributed by atoms with Crippen molar-refractivity contribution in [2.75, 3.05) is 25.1 Å². The molecule has 1 amide bonds. The van der Waals surface area contributed by atoms with E-state index in [1.54, 1.807) is 13.2 Å². The van der Waals surface area contributed by atoms with Crippen LogP contribution in [0.25, 0.3) is 0 Å². The molecule has 0 radical (unpaired) electrons. The first kappa shape index (κ1) is 13.8. The largest absolute Gasteiger partial charge is 0.396 e. The van der Waals surface area contributed by atoms with Gasteiger partial charge in [-0.25, -0.2) is 0 Å². The number of hydrogen-bond donors (Lipinski definition) is 2. The van der Waals surface area contributed by atoms with Gasteiger partial charge in [0.25, 0.3) is 5.91 Å². The summed E-state index contributed by atoms with van der Waals surface area (Å²) in [6.45, 7) is 1.18. The van der Waals surface area contributed by atoms with E-state index >= 15 is 0 Å². The molecule has 19 heavy (non-hydrogen) atoms. The van der Waals surface area contributed by atoms with Crippen LogP contribution in [-0.4, -0.2) is 42.2 Å². The number of nitrogens with zero attached hydrogens (tertiary/aromatic N) is 2. The summed E-state index contributed by atoms with van der Waals surface area (Å²) in [7, 11) is 1.60. The Morgan fingerprint density at radius 1 is 1.58 bits per heavy atom. The average molecular weight is 263 g/mol. The zero-order valence-corrected chi connectivity index (χ0v) is 11.3. The van der Waals surface area contributed by atoms with Gasteiger partial charge < -0.3 is 15.3 Å². The minimum absolute atomic E-state index is 0.169. The van der Waals surface area contributed by atoms with Gasteiger partial charge in [-0.05, 0) is 37.8 Å². The number of carbonyl (C=O) groups excluding carboxylic acids is 1. The van der Waals surface area contributed by atoms with Crippen LogP contribution in [0.3, 0.4) is 0 Å². The Balaban J connectivity index is 2.21. The van der Waals surface area contributed by atoms with Crippen molar-refractivity contribution in [3.63, 3.8) is 0 Å². The summed E-state index contributed by atoms with van der Waals surface area (Å²) in [6.07, 6.45) is 5.90. The van der Waals surface area contributed by atoms with Gasteiger partial charge in [0.05, 0.1) is 0 Å². The Labute approximate surface area is 113 Å². The van der Waals surface area contributed by atoms with Gasteiger partial charge in [-0.2, -0.15) is 0 Å². The number of piperidine rings is 1. The number of pyridine rings is 1. The van der Waals surface area contributed by atoms with E-state index in [4.69, 9.17) is 5.11 Å². The molecule has 0 saturated carbocycles. The summed E-state index contributed by atoms with van der Waals surface area (Å²) < 4.78 is 0. The van der Waals surface area contributed by atoms with Crippen molar-refractivity contribution < 1.29 is 9.90 Å². The molecular weight excluding hydrogens is 242 g/mol. The maximum atomic E-state index is 11.6. The fourth-order valence-corrected chi connectivity index (χ4v) is 2.64. The van der Waals surface area contributed by atoms with E-state index in [1.165, 1.54) is 6.42 Å². The Morgan fingerprint density at radius 2 is 2.42 bits per heavy atom. The smallest absolute Gasteiger partial charge is 0.269 e. The van der Waals surface area contributed by atoms with Crippen LogP contribution in [-0.2, 0) is 0 Å². The van der Waals surface area contributed by atoms with Crippen LogP contribution in [0.4, 0.5) is 5.69 Å². The van der Waals surface area contributed by atoms with Gasteiger partial charge >= 0.3 is 0 Å². The summed E-state index contributed by atoms with van der Waals surface area (Å²) in [4.78, 5) is 18.0. The molecule has 2 N–H and O–H groups in total. The van der Waals surface area contributed by atoms with Crippen LogP contribution in [0.1, 0.15) is 36.2 Å². The Morgan fingerprint density at radius 3 is 3.16 bits per heavy atom. The van der Waals surface area contributed by atoms with Crippen molar-refractivity contribution in [3.8, 4) is 0 Å². The van der Waals surface area contributed by atoms with Crippen molar-refractivity contribution in [2.24, 2.45) is 0 Å². The van der Waals surface area contributed by atoms with E-state index in [0.717, 1.165) is 31.5 Å². The first-order valence-electron chi connectivity index (χ1n) is 6.82.